The van der Waals surface area contributed by atoms with Crippen LogP contribution in [0, 0.1) is 22.0 Å². The number of hydrogen-bond donors (Lipinski definition) is 0. The maximum absolute atomic E-state index is 13.3. The molecule has 0 bridgehead atoms. The molecule has 2 aliphatic rings. The van der Waals surface area contributed by atoms with Crippen LogP contribution in [0.15, 0.2) is 54.6 Å². The summed E-state index contributed by atoms with van der Waals surface area (Å²) < 4.78 is 0. The number of benzene rings is 2. The van der Waals surface area contributed by atoms with Gasteiger partial charge in [-0.1, -0.05) is 75.6 Å². The molecule has 2 atom stereocenters. The van der Waals surface area contributed by atoms with E-state index in [-0.39, 0.29) is 22.4 Å². The van der Waals surface area contributed by atoms with Gasteiger partial charge in [0.15, 0.2) is 0 Å². The van der Waals surface area contributed by atoms with Gasteiger partial charge in [0.1, 0.15) is 0 Å². The Balaban J connectivity index is 1.53. The van der Waals surface area contributed by atoms with Gasteiger partial charge < -0.3 is 4.90 Å². The number of likely N-dealkylation sites (tertiary alicyclic amines) is 1. The number of amides is 1. The Labute approximate surface area is 203 Å². The molecule has 2 aromatic carbocycles. The molecule has 1 saturated carbocycles. The Hall–Kier alpha value is -2.73. The second-order valence-electron chi connectivity index (χ2n) is 10.3. The molecule has 2 aromatic rings. The molecule has 0 aromatic heterocycles. The van der Waals surface area contributed by atoms with E-state index in [4.69, 9.17) is 0 Å². The highest BCUT2D eigenvalue weighted by atomic mass is 16.6. The van der Waals surface area contributed by atoms with E-state index in [9.17, 15) is 14.9 Å². The molecule has 34 heavy (non-hydrogen) atoms. The van der Waals surface area contributed by atoms with E-state index in [1.54, 1.807) is 12.1 Å². The number of nitro benzene ring substituents is 1. The third-order valence-corrected chi connectivity index (χ3v) is 7.52. The van der Waals surface area contributed by atoms with E-state index in [0.29, 0.717) is 17.9 Å². The van der Waals surface area contributed by atoms with Crippen LogP contribution < -0.4 is 0 Å². The molecule has 0 N–H and O–H groups in total. The lowest BCUT2D eigenvalue weighted by Crippen LogP contribution is -2.47. The summed E-state index contributed by atoms with van der Waals surface area (Å²) >= 11 is 0. The molecule has 1 amide bonds. The number of hydrogen-bond acceptors (Lipinski definition) is 4. The van der Waals surface area contributed by atoms with Crippen molar-refractivity contribution in [3.05, 3.63) is 75.8 Å². The van der Waals surface area contributed by atoms with Gasteiger partial charge in [-0.05, 0) is 29.9 Å². The van der Waals surface area contributed by atoms with Crippen LogP contribution in [-0.4, -0.2) is 46.3 Å². The van der Waals surface area contributed by atoms with Crippen molar-refractivity contribution < 1.29 is 9.72 Å². The number of nitrogens with zero attached hydrogens (tertiary/aromatic N) is 3. The van der Waals surface area contributed by atoms with Crippen molar-refractivity contribution in [2.24, 2.45) is 11.8 Å². The quantitative estimate of drug-likeness (QED) is 0.376. The number of non-ortho nitro benzene ring substituents is 1. The zero-order valence-corrected chi connectivity index (χ0v) is 20.4. The summed E-state index contributed by atoms with van der Waals surface area (Å²) in [5.74, 6) is 1.03. The van der Waals surface area contributed by atoms with Crippen LogP contribution in [-0.2, 0) is 11.3 Å². The Morgan fingerprint density at radius 1 is 1.03 bits per heavy atom. The van der Waals surface area contributed by atoms with E-state index in [1.165, 1.54) is 24.8 Å². The first kappa shape index (κ1) is 24.4. The lowest BCUT2D eigenvalue weighted by Gasteiger charge is -2.38. The van der Waals surface area contributed by atoms with Gasteiger partial charge >= 0.3 is 0 Å². The first-order chi connectivity index (χ1) is 16.4. The van der Waals surface area contributed by atoms with Gasteiger partial charge in [-0.3, -0.25) is 19.8 Å². The molecule has 4 rings (SSSR count). The first-order valence-electron chi connectivity index (χ1n) is 12.7. The Kier molecular flexibility index (Phi) is 7.99. The second kappa shape index (κ2) is 11.1. The largest absolute Gasteiger partial charge is 0.339 e. The number of carbonyl (C=O) groups is 1. The molecule has 1 saturated heterocycles. The third kappa shape index (κ3) is 5.84. The summed E-state index contributed by atoms with van der Waals surface area (Å²) in [6.07, 6.45) is 5.94. The van der Waals surface area contributed by atoms with Gasteiger partial charge in [0.2, 0.25) is 5.91 Å². The molecule has 6 heteroatoms. The molecule has 2 fully saturated rings. The molecule has 182 valence electrons. The number of nitro groups is 1. The summed E-state index contributed by atoms with van der Waals surface area (Å²) in [6.45, 7) is 7.45. The van der Waals surface area contributed by atoms with Crippen molar-refractivity contribution in [2.75, 3.05) is 19.6 Å². The second-order valence-corrected chi connectivity index (χ2v) is 10.3. The highest BCUT2D eigenvalue weighted by Gasteiger charge is 2.38. The Morgan fingerprint density at radius 3 is 2.32 bits per heavy atom. The molecule has 1 heterocycles. The predicted molar refractivity (Wildman–Crippen MR) is 134 cm³/mol. The van der Waals surface area contributed by atoms with Gasteiger partial charge in [0.25, 0.3) is 5.69 Å². The van der Waals surface area contributed by atoms with Crippen LogP contribution in [0.25, 0.3) is 0 Å². The third-order valence-electron chi connectivity index (χ3n) is 7.52. The van der Waals surface area contributed by atoms with Crippen LogP contribution in [0.4, 0.5) is 5.69 Å². The smallest absolute Gasteiger partial charge is 0.269 e. The minimum absolute atomic E-state index is 0.00900. The fraction of sp³-hybridized carbons (Fsp3) is 0.536. The highest BCUT2D eigenvalue weighted by molar-refractivity contribution is 5.78. The van der Waals surface area contributed by atoms with Crippen LogP contribution in [0.3, 0.4) is 0 Å². The minimum Gasteiger partial charge on any atom is -0.339 e. The van der Waals surface area contributed by atoms with E-state index in [2.05, 4.69) is 40.1 Å². The minimum atomic E-state index is -0.354. The summed E-state index contributed by atoms with van der Waals surface area (Å²) in [5, 5.41) is 11.0. The fourth-order valence-corrected chi connectivity index (χ4v) is 5.73. The Bertz CT molecular complexity index is 955. The van der Waals surface area contributed by atoms with E-state index < -0.39 is 0 Å². The maximum Gasteiger partial charge on any atom is 0.269 e. The Morgan fingerprint density at radius 2 is 1.71 bits per heavy atom. The van der Waals surface area contributed by atoms with Crippen molar-refractivity contribution in [1.82, 2.24) is 9.80 Å². The summed E-state index contributed by atoms with van der Waals surface area (Å²) in [5.41, 5.74) is 2.54. The topological polar surface area (TPSA) is 66.7 Å². The average molecular weight is 464 g/mol. The molecular weight excluding hydrogens is 426 g/mol. The number of rotatable bonds is 8. The average Bonchev–Trinajstić information content (AvgIpc) is 3.25. The molecule has 0 spiro atoms. The van der Waals surface area contributed by atoms with Crippen LogP contribution >= 0.6 is 0 Å². The van der Waals surface area contributed by atoms with Gasteiger partial charge in [0.05, 0.1) is 4.92 Å². The van der Waals surface area contributed by atoms with Crippen LogP contribution in [0.1, 0.15) is 63.0 Å². The SMILES string of the molecule is CC(C)C(=O)N(CC1CN(Cc2ccc([N+](=O)[O-])cc2)CC1c1ccccc1)C1CCCCC1. The zero-order chi connectivity index (χ0) is 24.1. The molecule has 0 radical (unpaired) electrons. The lowest BCUT2D eigenvalue weighted by atomic mass is 9.86. The summed E-state index contributed by atoms with van der Waals surface area (Å²) in [7, 11) is 0. The van der Waals surface area contributed by atoms with Gasteiger partial charge in [-0.2, -0.15) is 0 Å². The summed E-state index contributed by atoms with van der Waals surface area (Å²) in [6, 6.07) is 17.9. The van der Waals surface area contributed by atoms with Gasteiger partial charge in [-0.25, -0.2) is 0 Å². The van der Waals surface area contributed by atoms with Crippen LogP contribution in [0.2, 0.25) is 0 Å². The number of carbonyl (C=O) groups excluding carboxylic acids is 1. The van der Waals surface area contributed by atoms with Crippen molar-refractivity contribution in [3.8, 4) is 0 Å². The van der Waals surface area contributed by atoms with Gasteiger partial charge in [-0.15, -0.1) is 0 Å². The normalized spacial score (nSPS) is 21.6. The predicted octanol–water partition coefficient (Wildman–Crippen LogP) is 5.63. The molecule has 2 unspecified atom stereocenters. The first-order valence-corrected chi connectivity index (χ1v) is 12.7. The zero-order valence-electron chi connectivity index (χ0n) is 20.4. The maximum atomic E-state index is 13.3. The van der Waals surface area contributed by atoms with Crippen molar-refractivity contribution in [2.45, 2.75) is 64.5 Å². The van der Waals surface area contributed by atoms with Gasteiger partial charge in [0, 0.05) is 56.2 Å². The van der Waals surface area contributed by atoms with Crippen molar-refractivity contribution in [1.29, 1.82) is 0 Å². The van der Waals surface area contributed by atoms with Crippen molar-refractivity contribution in [3.63, 3.8) is 0 Å². The lowest BCUT2D eigenvalue weighted by molar-refractivity contribution is -0.384. The highest BCUT2D eigenvalue weighted by Crippen LogP contribution is 2.36. The van der Waals surface area contributed by atoms with E-state index in [1.807, 2.05) is 26.0 Å². The molecule has 1 aliphatic carbocycles. The van der Waals surface area contributed by atoms with Crippen LogP contribution in [0.5, 0.6) is 0 Å². The molecule has 1 aliphatic heterocycles. The molecule has 6 nitrogen and oxygen atoms in total. The fourth-order valence-electron chi connectivity index (χ4n) is 5.73. The van der Waals surface area contributed by atoms with Crippen molar-refractivity contribution >= 4 is 11.6 Å². The summed E-state index contributed by atoms with van der Waals surface area (Å²) in [4.78, 5) is 28.6. The monoisotopic (exact) mass is 463 g/mol. The van der Waals surface area contributed by atoms with E-state index in [0.717, 1.165) is 44.6 Å². The standard InChI is InChI=1S/C28H37N3O3/c1-21(2)28(32)30(25-11-7-4-8-12-25)19-24-18-29(20-27(24)23-9-5-3-6-10-23)17-22-13-15-26(16-14-22)31(33)34/h3,5-6,9-10,13-16,21,24-25,27H,4,7-8,11-12,17-20H2,1-2H3. The van der Waals surface area contributed by atoms with E-state index >= 15 is 0 Å². The molecular formula is C28H37N3O3.